The standard InChI is InChI=1S/C12H17ClN2S/c13-11-3-1-2-4-12(11)16-8-10(15-14)7-9-5-6-9/h1-4,9-10,15H,5-8,14H2. The number of hydrogen-bond donors (Lipinski definition) is 2. The zero-order valence-corrected chi connectivity index (χ0v) is 10.7. The summed E-state index contributed by atoms with van der Waals surface area (Å²) in [6.45, 7) is 0. The monoisotopic (exact) mass is 256 g/mol. The van der Waals surface area contributed by atoms with Gasteiger partial charge in [0.15, 0.2) is 0 Å². The molecule has 2 nitrogen and oxygen atoms in total. The predicted octanol–water partition coefficient (Wildman–Crippen LogP) is 3.06. The fourth-order valence-corrected chi connectivity index (χ4v) is 2.99. The Balaban J connectivity index is 1.82. The average Bonchev–Trinajstić information content (AvgIpc) is 3.10. The van der Waals surface area contributed by atoms with Gasteiger partial charge >= 0.3 is 0 Å². The van der Waals surface area contributed by atoms with Crippen LogP contribution in [0.1, 0.15) is 19.3 Å². The summed E-state index contributed by atoms with van der Waals surface area (Å²) in [7, 11) is 0. The van der Waals surface area contributed by atoms with Crippen LogP contribution in [0.25, 0.3) is 0 Å². The van der Waals surface area contributed by atoms with Crippen molar-refractivity contribution in [1.29, 1.82) is 0 Å². The van der Waals surface area contributed by atoms with Crippen LogP contribution in [-0.4, -0.2) is 11.8 Å². The lowest BCUT2D eigenvalue weighted by Crippen LogP contribution is -2.37. The van der Waals surface area contributed by atoms with Gasteiger partial charge in [-0.3, -0.25) is 11.3 Å². The molecule has 0 heterocycles. The maximum Gasteiger partial charge on any atom is 0.0541 e. The second-order valence-corrected chi connectivity index (χ2v) is 5.75. The van der Waals surface area contributed by atoms with Crippen LogP contribution in [0.15, 0.2) is 29.2 Å². The molecule has 1 atom stereocenters. The summed E-state index contributed by atoms with van der Waals surface area (Å²) in [5.74, 6) is 7.43. The van der Waals surface area contributed by atoms with E-state index in [0.717, 1.165) is 21.6 Å². The van der Waals surface area contributed by atoms with Crippen LogP contribution in [0.3, 0.4) is 0 Å². The topological polar surface area (TPSA) is 38.0 Å². The molecule has 0 radical (unpaired) electrons. The number of nitrogens with one attached hydrogen (secondary N) is 1. The number of thioether (sulfide) groups is 1. The molecule has 2 rings (SSSR count). The third kappa shape index (κ3) is 3.67. The minimum atomic E-state index is 0.397. The summed E-state index contributed by atoms with van der Waals surface area (Å²) >= 11 is 7.87. The van der Waals surface area contributed by atoms with Crippen LogP contribution >= 0.6 is 23.4 Å². The van der Waals surface area contributed by atoms with Crippen LogP contribution in [0.2, 0.25) is 5.02 Å². The summed E-state index contributed by atoms with van der Waals surface area (Å²) in [6, 6.07) is 8.34. The average molecular weight is 257 g/mol. The van der Waals surface area contributed by atoms with Crippen molar-refractivity contribution in [2.75, 3.05) is 5.75 Å². The summed E-state index contributed by atoms with van der Waals surface area (Å²) < 4.78 is 0. The van der Waals surface area contributed by atoms with Gasteiger partial charge in [0.05, 0.1) is 5.02 Å². The Morgan fingerprint density at radius 3 is 2.81 bits per heavy atom. The maximum absolute atomic E-state index is 6.10. The normalized spacial score (nSPS) is 17.4. The van der Waals surface area contributed by atoms with Crippen molar-refractivity contribution in [2.24, 2.45) is 11.8 Å². The van der Waals surface area contributed by atoms with Crippen LogP contribution in [0.5, 0.6) is 0 Å². The third-order valence-electron chi connectivity index (χ3n) is 2.83. The molecule has 1 aliphatic carbocycles. The Morgan fingerprint density at radius 2 is 2.19 bits per heavy atom. The van der Waals surface area contributed by atoms with Crippen molar-refractivity contribution in [3.63, 3.8) is 0 Å². The van der Waals surface area contributed by atoms with Gasteiger partial charge in [-0.05, 0) is 24.5 Å². The van der Waals surface area contributed by atoms with E-state index in [1.165, 1.54) is 19.3 Å². The zero-order chi connectivity index (χ0) is 11.4. The highest BCUT2D eigenvalue weighted by Crippen LogP contribution is 2.35. The quantitative estimate of drug-likeness (QED) is 0.467. The second kappa shape index (κ2) is 5.92. The smallest absolute Gasteiger partial charge is 0.0541 e. The van der Waals surface area contributed by atoms with E-state index < -0.39 is 0 Å². The molecular formula is C12H17ClN2S. The van der Waals surface area contributed by atoms with Crippen molar-refractivity contribution in [3.8, 4) is 0 Å². The fourth-order valence-electron chi connectivity index (χ4n) is 1.69. The lowest BCUT2D eigenvalue weighted by molar-refractivity contribution is 0.508. The molecule has 0 spiro atoms. The van der Waals surface area contributed by atoms with Gasteiger partial charge in [-0.25, -0.2) is 0 Å². The fraction of sp³-hybridized carbons (Fsp3) is 0.500. The van der Waals surface area contributed by atoms with Gasteiger partial charge < -0.3 is 0 Å². The molecule has 0 aromatic heterocycles. The van der Waals surface area contributed by atoms with Gasteiger partial charge in [-0.1, -0.05) is 36.6 Å². The van der Waals surface area contributed by atoms with Crippen molar-refractivity contribution in [1.82, 2.24) is 5.43 Å². The van der Waals surface area contributed by atoms with E-state index in [1.54, 1.807) is 11.8 Å². The molecule has 1 aliphatic rings. The molecule has 1 aromatic carbocycles. The van der Waals surface area contributed by atoms with E-state index in [0.29, 0.717) is 6.04 Å². The third-order valence-corrected chi connectivity index (χ3v) is 4.50. The van der Waals surface area contributed by atoms with E-state index in [4.69, 9.17) is 17.4 Å². The van der Waals surface area contributed by atoms with Crippen molar-refractivity contribution in [2.45, 2.75) is 30.2 Å². The molecule has 88 valence electrons. The number of halogens is 1. The lowest BCUT2D eigenvalue weighted by Gasteiger charge is -2.15. The van der Waals surface area contributed by atoms with Crippen molar-refractivity contribution in [3.05, 3.63) is 29.3 Å². The molecule has 4 heteroatoms. The van der Waals surface area contributed by atoms with E-state index in [-0.39, 0.29) is 0 Å². The van der Waals surface area contributed by atoms with Crippen LogP contribution in [-0.2, 0) is 0 Å². The maximum atomic E-state index is 6.10. The minimum Gasteiger partial charge on any atom is -0.271 e. The first-order chi connectivity index (χ1) is 7.79. The highest BCUT2D eigenvalue weighted by atomic mass is 35.5. The van der Waals surface area contributed by atoms with E-state index in [1.807, 2.05) is 18.2 Å². The summed E-state index contributed by atoms with van der Waals surface area (Å²) in [4.78, 5) is 1.14. The molecule has 1 fully saturated rings. The van der Waals surface area contributed by atoms with Crippen LogP contribution < -0.4 is 11.3 Å². The van der Waals surface area contributed by atoms with Gasteiger partial charge in [-0.2, -0.15) is 0 Å². The molecule has 0 saturated heterocycles. The Kier molecular flexibility index (Phi) is 4.53. The summed E-state index contributed by atoms with van der Waals surface area (Å²) in [6.07, 6.45) is 3.93. The number of hydrogen-bond acceptors (Lipinski definition) is 3. The second-order valence-electron chi connectivity index (χ2n) is 4.28. The predicted molar refractivity (Wildman–Crippen MR) is 70.6 cm³/mol. The highest BCUT2D eigenvalue weighted by molar-refractivity contribution is 7.99. The lowest BCUT2D eigenvalue weighted by atomic mass is 10.2. The van der Waals surface area contributed by atoms with E-state index >= 15 is 0 Å². The molecular weight excluding hydrogens is 240 g/mol. The molecule has 1 saturated carbocycles. The zero-order valence-electron chi connectivity index (χ0n) is 9.16. The molecule has 1 aromatic rings. The van der Waals surface area contributed by atoms with Crippen molar-refractivity contribution >= 4 is 23.4 Å². The Hall–Kier alpha value is -0.220. The number of benzene rings is 1. The number of rotatable bonds is 6. The number of hydrazine groups is 1. The molecule has 0 amide bonds. The molecule has 1 unspecified atom stereocenters. The molecule has 16 heavy (non-hydrogen) atoms. The van der Waals surface area contributed by atoms with Gasteiger partial charge in [0.1, 0.15) is 0 Å². The largest absolute Gasteiger partial charge is 0.271 e. The highest BCUT2D eigenvalue weighted by Gasteiger charge is 2.24. The van der Waals surface area contributed by atoms with E-state index in [2.05, 4.69) is 11.5 Å². The van der Waals surface area contributed by atoms with E-state index in [9.17, 15) is 0 Å². The molecule has 3 N–H and O–H groups in total. The summed E-state index contributed by atoms with van der Waals surface area (Å²) in [5.41, 5.74) is 2.90. The van der Waals surface area contributed by atoms with Crippen LogP contribution in [0, 0.1) is 5.92 Å². The number of nitrogens with two attached hydrogens (primary N) is 1. The van der Waals surface area contributed by atoms with Crippen LogP contribution in [0.4, 0.5) is 0 Å². The minimum absolute atomic E-state index is 0.397. The first-order valence-electron chi connectivity index (χ1n) is 5.63. The van der Waals surface area contributed by atoms with Gasteiger partial charge in [0.2, 0.25) is 0 Å². The van der Waals surface area contributed by atoms with Gasteiger partial charge in [-0.15, -0.1) is 11.8 Å². The Morgan fingerprint density at radius 1 is 1.44 bits per heavy atom. The molecule has 0 bridgehead atoms. The SMILES string of the molecule is NNC(CSc1ccccc1Cl)CC1CC1. The Labute approximate surface area is 106 Å². The first kappa shape index (κ1) is 12.2. The van der Waals surface area contributed by atoms with Gasteiger partial charge in [0.25, 0.3) is 0 Å². The van der Waals surface area contributed by atoms with Gasteiger partial charge in [0, 0.05) is 16.7 Å². The Bertz CT molecular complexity index is 342. The van der Waals surface area contributed by atoms with Crippen molar-refractivity contribution < 1.29 is 0 Å². The first-order valence-corrected chi connectivity index (χ1v) is 6.99. The molecule has 0 aliphatic heterocycles. The summed E-state index contributed by atoms with van der Waals surface area (Å²) in [5, 5.41) is 0.828.